The van der Waals surface area contributed by atoms with E-state index in [2.05, 4.69) is 33.2 Å². The molecule has 0 spiro atoms. The van der Waals surface area contributed by atoms with E-state index in [1.54, 1.807) is 0 Å². The Hall–Kier alpha value is -2.77. The van der Waals surface area contributed by atoms with Crippen LogP contribution in [0.5, 0.6) is 0 Å². The van der Waals surface area contributed by atoms with E-state index >= 15 is 0 Å². The van der Waals surface area contributed by atoms with Crippen molar-refractivity contribution in [3.05, 3.63) is 29.8 Å². The smallest absolute Gasteiger partial charge is 0.407 e. The molecule has 2 amide bonds. The van der Waals surface area contributed by atoms with Crippen molar-refractivity contribution >= 4 is 23.6 Å². The molecule has 28 heavy (non-hydrogen) atoms. The van der Waals surface area contributed by atoms with E-state index in [1.165, 1.54) is 0 Å². The molecule has 0 aliphatic carbocycles. The number of alkyl carbamates (subject to hydrolysis) is 1. The Morgan fingerprint density at radius 3 is 2.43 bits per heavy atom. The Bertz CT molecular complexity index is 668. The molecule has 0 unspecified atom stereocenters. The van der Waals surface area contributed by atoms with Crippen LogP contribution in [0.15, 0.2) is 29.3 Å². The molecule has 0 fully saturated rings. The summed E-state index contributed by atoms with van der Waals surface area (Å²) >= 11 is 0. The van der Waals surface area contributed by atoms with Crippen molar-refractivity contribution in [3.8, 4) is 0 Å². The molecule has 1 rings (SSSR count). The van der Waals surface area contributed by atoms with Gasteiger partial charge in [-0.3, -0.25) is 4.79 Å². The number of amides is 2. The second-order valence-electron chi connectivity index (χ2n) is 7.15. The summed E-state index contributed by atoms with van der Waals surface area (Å²) in [5.74, 6) is 0.309. The molecule has 0 aliphatic rings. The summed E-state index contributed by atoms with van der Waals surface area (Å²) in [6, 6.07) is 7.74. The van der Waals surface area contributed by atoms with E-state index in [9.17, 15) is 9.59 Å². The fourth-order valence-electron chi connectivity index (χ4n) is 2.22. The van der Waals surface area contributed by atoms with Crippen LogP contribution in [0.3, 0.4) is 0 Å². The van der Waals surface area contributed by atoms with Crippen molar-refractivity contribution < 1.29 is 14.3 Å². The first-order valence-corrected chi connectivity index (χ1v) is 9.61. The van der Waals surface area contributed by atoms with Gasteiger partial charge in [-0.15, -0.1) is 0 Å². The molecule has 8 nitrogen and oxygen atoms in total. The van der Waals surface area contributed by atoms with Crippen LogP contribution in [0.4, 0.5) is 10.5 Å². The molecule has 0 saturated carbocycles. The first kappa shape index (κ1) is 23.3. The van der Waals surface area contributed by atoms with Crippen LogP contribution in [-0.2, 0) is 16.0 Å². The maximum absolute atomic E-state index is 12.1. The highest BCUT2D eigenvalue weighted by molar-refractivity contribution is 5.94. The molecule has 0 aliphatic heterocycles. The third-order valence-corrected chi connectivity index (χ3v) is 3.43. The zero-order chi connectivity index (χ0) is 21.0. The van der Waals surface area contributed by atoms with E-state index < -0.39 is 11.7 Å². The van der Waals surface area contributed by atoms with Crippen LogP contribution in [0, 0.1) is 0 Å². The van der Waals surface area contributed by atoms with Gasteiger partial charge in [0.1, 0.15) is 12.1 Å². The van der Waals surface area contributed by atoms with Crippen molar-refractivity contribution in [3.63, 3.8) is 0 Å². The Morgan fingerprint density at radius 2 is 1.79 bits per heavy atom. The van der Waals surface area contributed by atoms with Gasteiger partial charge in [0, 0.05) is 25.3 Å². The molecule has 0 heterocycles. The van der Waals surface area contributed by atoms with E-state index in [1.807, 2.05) is 52.0 Å². The fourth-order valence-corrected chi connectivity index (χ4v) is 2.22. The van der Waals surface area contributed by atoms with Gasteiger partial charge in [-0.1, -0.05) is 19.1 Å². The number of aryl methyl sites for hydroxylation is 1. The first-order chi connectivity index (χ1) is 13.2. The molecule has 0 saturated heterocycles. The maximum atomic E-state index is 12.1. The van der Waals surface area contributed by atoms with Gasteiger partial charge in [-0.05, 0) is 51.8 Å². The maximum Gasteiger partial charge on any atom is 0.407 e. The first-order valence-electron chi connectivity index (χ1n) is 9.61. The Balaban J connectivity index is 2.43. The quantitative estimate of drug-likeness (QED) is 0.309. The van der Waals surface area contributed by atoms with Crippen molar-refractivity contribution in [1.29, 1.82) is 0 Å². The minimum absolute atomic E-state index is 0.00875. The summed E-state index contributed by atoms with van der Waals surface area (Å²) in [5, 5.41) is 11.6. The molecule has 0 aromatic heterocycles. The largest absolute Gasteiger partial charge is 0.444 e. The second kappa shape index (κ2) is 11.8. The van der Waals surface area contributed by atoms with E-state index in [4.69, 9.17) is 4.74 Å². The van der Waals surface area contributed by atoms with E-state index in [-0.39, 0.29) is 12.5 Å². The lowest BCUT2D eigenvalue weighted by Crippen LogP contribution is -2.42. The number of hydrogen-bond donors (Lipinski definition) is 4. The Kier molecular flexibility index (Phi) is 9.84. The summed E-state index contributed by atoms with van der Waals surface area (Å²) < 4.78 is 5.17. The fraction of sp³-hybridized carbons (Fsp3) is 0.550. The second-order valence-corrected chi connectivity index (χ2v) is 7.15. The number of carbonyl (C=O) groups excluding carboxylic acids is 2. The average molecular weight is 392 g/mol. The molecule has 0 bridgehead atoms. The van der Waals surface area contributed by atoms with Crippen molar-refractivity contribution in [1.82, 2.24) is 16.0 Å². The third-order valence-electron chi connectivity index (χ3n) is 3.43. The molecule has 1 aromatic carbocycles. The summed E-state index contributed by atoms with van der Waals surface area (Å²) in [6.07, 6.45) is 0.443. The van der Waals surface area contributed by atoms with E-state index in [0.717, 1.165) is 17.7 Å². The highest BCUT2D eigenvalue weighted by atomic mass is 16.6. The molecular weight excluding hydrogens is 358 g/mol. The lowest BCUT2D eigenvalue weighted by Gasteiger charge is -2.19. The molecule has 4 N–H and O–H groups in total. The van der Waals surface area contributed by atoms with Gasteiger partial charge in [-0.25, -0.2) is 9.79 Å². The van der Waals surface area contributed by atoms with Gasteiger partial charge in [-0.2, -0.15) is 0 Å². The summed E-state index contributed by atoms with van der Waals surface area (Å²) in [7, 11) is 0. The van der Waals surface area contributed by atoms with Crippen LogP contribution in [-0.4, -0.2) is 49.7 Å². The molecule has 1 aromatic rings. The number of rotatable bonds is 8. The minimum Gasteiger partial charge on any atom is -0.444 e. The van der Waals surface area contributed by atoms with Gasteiger partial charge >= 0.3 is 6.09 Å². The minimum atomic E-state index is -0.530. The Labute approximate surface area is 167 Å². The van der Waals surface area contributed by atoms with Crippen LogP contribution >= 0.6 is 0 Å². The number of hydrogen-bond acceptors (Lipinski definition) is 4. The topological polar surface area (TPSA) is 104 Å². The average Bonchev–Trinajstić information content (AvgIpc) is 2.61. The van der Waals surface area contributed by atoms with Crippen LogP contribution in [0.25, 0.3) is 0 Å². The molecule has 156 valence electrons. The van der Waals surface area contributed by atoms with Crippen molar-refractivity contribution in [2.75, 3.05) is 31.5 Å². The number of ether oxygens (including phenoxy) is 1. The predicted molar refractivity (Wildman–Crippen MR) is 113 cm³/mol. The highest BCUT2D eigenvalue weighted by Gasteiger charge is 2.15. The highest BCUT2D eigenvalue weighted by Crippen LogP contribution is 2.10. The van der Waals surface area contributed by atoms with Crippen molar-refractivity contribution in [2.24, 2.45) is 4.99 Å². The van der Waals surface area contributed by atoms with Gasteiger partial charge in [0.05, 0.1) is 0 Å². The van der Waals surface area contributed by atoms with Gasteiger partial charge in [0.15, 0.2) is 5.96 Å². The lowest BCUT2D eigenvalue weighted by molar-refractivity contribution is -0.114. The molecule has 0 radical (unpaired) electrons. The number of benzene rings is 1. The summed E-state index contributed by atoms with van der Waals surface area (Å²) in [5.41, 5.74) is 1.39. The SMILES string of the molecule is CCNC(=NCC(=O)Nc1cccc(CC)c1)NCCNC(=O)OC(C)(C)C. The van der Waals surface area contributed by atoms with Gasteiger partial charge < -0.3 is 26.0 Å². The van der Waals surface area contributed by atoms with Gasteiger partial charge in [0.2, 0.25) is 5.91 Å². The standard InChI is InChI=1S/C20H33N5O3/c1-6-15-9-8-10-16(13-15)25-17(26)14-24-18(21-7-2)22-11-12-23-19(27)28-20(3,4)5/h8-10,13H,6-7,11-12,14H2,1-5H3,(H,23,27)(H,25,26)(H2,21,22,24). The number of nitrogens with one attached hydrogen (secondary N) is 4. The monoisotopic (exact) mass is 391 g/mol. The zero-order valence-electron chi connectivity index (χ0n) is 17.5. The Morgan fingerprint density at radius 1 is 1.07 bits per heavy atom. The molecular formula is C20H33N5O3. The lowest BCUT2D eigenvalue weighted by atomic mass is 10.1. The summed E-state index contributed by atoms with van der Waals surface area (Å²) in [4.78, 5) is 28.0. The van der Waals surface area contributed by atoms with E-state index in [0.29, 0.717) is 25.6 Å². The normalized spacial score (nSPS) is 11.5. The number of anilines is 1. The van der Waals surface area contributed by atoms with Crippen LogP contribution in [0.1, 0.15) is 40.2 Å². The summed E-state index contributed by atoms with van der Waals surface area (Å²) in [6.45, 7) is 10.9. The third kappa shape index (κ3) is 10.4. The molecule has 0 atom stereocenters. The number of aliphatic imine (C=N–C) groups is 1. The predicted octanol–water partition coefficient (Wildman–Crippen LogP) is 2.27. The van der Waals surface area contributed by atoms with Crippen molar-refractivity contribution in [2.45, 2.75) is 46.6 Å². The number of nitrogens with zero attached hydrogens (tertiary/aromatic N) is 1. The molecule has 8 heteroatoms. The van der Waals surface area contributed by atoms with Crippen LogP contribution in [0.2, 0.25) is 0 Å². The zero-order valence-corrected chi connectivity index (χ0v) is 17.5. The number of guanidine groups is 1. The van der Waals surface area contributed by atoms with Gasteiger partial charge in [0.25, 0.3) is 0 Å². The van der Waals surface area contributed by atoms with Crippen LogP contribution < -0.4 is 21.3 Å². The number of carbonyl (C=O) groups is 2.